The second-order valence-electron chi connectivity index (χ2n) is 4.14. The molecule has 1 aliphatic rings. The summed E-state index contributed by atoms with van der Waals surface area (Å²) in [6, 6.07) is 5.38. The quantitative estimate of drug-likeness (QED) is 0.736. The number of anilines is 1. The first-order valence-electron chi connectivity index (χ1n) is 5.45. The summed E-state index contributed by atoms with van der Waals surface area (Å²) >= 11 is 0. The highest BCUT2D eigenvalue weighted by Gasteiger charge is 2.17. The van der Waals surface area contributed by atoms with Crippen LogP contribution in [0.1, 0.15) is 34.7 Å². The highest BCUT2D eigenvalue weighted by Crippen LogP contribution is 2.28. The molecule has 4 nitrogen and oxygen atoms in total. The molecular formula is C12H16N2O2. The third-order valence-corrected chi connectivity index (χ3v) is 2.95. The fourth-order valence-electron chi connectivity index (χ4n) is 2.09. The Labute approximate surface area is 94.6 Å². The summed E-state index contributed by atoms with van der Waals surface area (Å²) in [5, 5.41) is 0. The van der Waals surface area contributed by atoms with E-state index in [4.69, 9.17) is 16.2 Å². The van der Waals surface area contributed by atoms with Crippen LogP contribution in [0.3, 0.4) is 0 Å². The van der Waals surface area contributed by atoms with Crippen molar-refractivity contribution in [2.24, 2.45) is 5.73 Å². The number of ether oxygens (including phenoxy) is 1. The van der Waals surface area contributed by atoms with E-state index in [2.05, 4.69) is 0 Å². The number of benzene rings is 1. The number of nitrogens with two attached hydrogens (primary N) is 2. The molecule has 2 rings (SSSR count). The lowest BCUT2D eigenvalue weighted by Crippen LogP contribution is -2.16. The van der Waals surface area contributed by atoms with Gasteiger partial charge in [-0.3, -0.25) is 4.79 Å². The molecule has 0 saturated carbocycles. The fraction of sp³-hybridized carbons (Fsp3) is 0.417. The van der Waals surface area contributed by atoms with E-state index in [0.717, 1.165) is 31.6 Å². The molecular weight excluding hydrogens is 204 g/mol. The van der Waals surface area contributed by atoms with Gasteiger partial charge in [-0.05, 0) is 42.5 Å². The molecule has 1 aromatic rings. The van der Waals surface area contributed by atoms with E-state index in [1.165, 1.54) is 0 Å². The third kappa shape index (κ3) is 2.33. The van der Waals surface area contributed by atoms with E-state index in [9.17, 15) is 4.79 Å². The van der Waals surface area contributed by atoms with Crippen LogP contribution in [0, 0.1) is 0 Å². The molecule has 4 N–H and O–H groups in total. The number of carbonyl (C=O) groups is 1. The van der Waals surface area contributed by atoms with Crippen molar-refractivity contribution in [1.29, 1.82) is 0 Å². The van der Waals surface area contributed by atoms with Gasteiger partial charge in [0.25, 0.3) is 0 Å². The van der Waals surface area contributed by atoms with E-state index in [1.807, 2.05) is 12.1 Å². The lowest BCUT2D eigenvalue weighted by molar-refractivity contribution is 0.0853. The number of rotatable bonds is 2. The summed E-state index contributed by atoms with van der Waals surface area (Å²) in [6.07, 6.45) is 1.95. The lowest BCUT2D eigenvalue weighted by atomic mass is 9.90. The highest BCUT2D eigenvalue weighted by atomic mass is 16.5. The van der Waals surface area contributed by atoms with Crippen LogP contribution < -0.4 is 11.5 Å². The zero-order valence-electron chi connectivity index (χ0n) is 9.11. The molecule has 1 aromatic carbocycles. The minimum atomic E-state index is -0.430. The Morgan fingerprint density at radius 2 is 1.94 bits per heavy atom. The van der Waals surface area contributed by atoms with Crippen LogP contribution in [0.25, 0.3) is 0 Å². The number of primary amides is 1. The van der Waals surface area contributed by atoms with Crippen LogP contribution in [0.2, 0.25) is 0 Å². The topological polar surface area (TPSA) is 78.3 Å². The number of hydrogen-bond acceptors (Lipinski definition) is 3. The molecule has 0 atom stereocenters. The maximum atomic E-state index is 11.1. The van der Waals surface area contributed by atoms with Gasteiger partial charge in [0, 0.05) is 24.5 Å². The molecule has 0 radical (unpaired) electrons. The molecule has 4 heteroatoms. The van der Waals surface area contributed by atoms with E-state index >= 15 is 0 Å². The molecule has 1 aliphatic heterocycles. The molecule has 0 aliphatic carbocycles. The minimum Gasteiger partial charge on any atom is -0.399 e. The van der Waals surface area contributed by atoms with Crippen LogP contribution in [-0.4, -0.2) is 19.1 Å². The van der Waals surface area contributed by atoms with Crippen molar-refractivity contribution in [3.05, 3.63) is 29.3 Å². The van der Waals surface area contributed by atoms with Crippen LogP contribution in [0.15, 0.2) is 18.2 Å². The van der Waals surface area contributed by atoms with Crippen molar-refractivity contribution in [3.63, 3.8) is 0 Å². The fourth-order valence-corrected chi connectivity index (χ4v) is 2.09. The zero-order valence-corrected chi connectivity index (χ0v) is 9.11. The van der Waals surface area contributed by atoms with Gasteiger partial charge in [-0.15, -0.1) is 0 Å². The van der Waals surface area contributed by atoms with Crippen LogP contribution in [-0.2, 0) is 4.74 Å². The lowest BCUT2D eigenvalue weighted by Gasteiger charge is -2.23. The predicted octanol–water partition coefficient (Wildman–Crippen LogP) is 1.26. The number of hydrogen-bond donors (Lipinski definition) is 2. The molecule has 0 unspecified atom stereocenters. The molecule has 16 heavy (non-hydrogen) atoms. The summed E-state index contributed by atoms with van der Waals surface area (Å²) in [5.41, 5.74) is 13.2. The minimum absolute atomic E-state index is 0.426. The summed E-state index contributed by atoms with van der Waals surface area (Å²) in [4.78, 5) is 11.1. The van der Waals surface area contributed by atoms with Crippen molar-refractivity contribution in [2.45, 2.75) is 18.8 Å². The smallest absolute Gasteiger partial charge is 0.248 e. The van der Waals surface area contributed by atoms with Gasteiger partial charge in [-0.25, -0.2) is 0 Å². The standard InChI is InChI=1S/C12H16N2O2/c13-11-6-9(5-10(7-11)12(14)15)8-1-3-16-4-2-8/h5-8H,1-4,13H2,(H2,14,15). The van der Waals surface area contributed by atoms with Crippen LogP contribution in [0.4, 0.5) is 5.69 Å². The van der Waals surface area contributed by atoms with Gasteiger partial charge in [-0.1, -0.05) is 0 Å². The first kappa shape index (κ1) is 11.0. The summed E-state index contributed by atoms with van der Waals surface area (Å²) in [5.74, 6) is -0.00374. The van der Waals surface area contributed by atoms with Gasteiger partial charge >= 0.3 is 0 Å². The normalized spacial score (nSPS) is 17.2. The maximum Gasteiger partial charge on any atom is 0.248 e. The van der Waals surface area contributed by atoms with E-state index in [1.54, 1.807) is 6.07 Å². The average Bonchev–Trinajstić information content (AvgIpc) is 2.29. The largest absolute Gasteiger partial charge is 0.399 e. The van der Waals surface area contributed by atoms with Crippen molar-refractivity contribution < 1.29 is 9.53 Å². The summed E-state index contributed by atoms with van der Waals surface area (Å²) in [7, 11) is 0. The van der Waals surface area contributed by atoms with Gasteiger partial charge in [-0.2, -0.15) is 0 Å². The van der Waals surface area contributed by atoms with Crippen molar-refractivity contribution in [3.8, 4) is 0 Å². The van der Waals surface area contributed by atoms with E-state index in [-0.39, 0.29) is 0 Å². The van der Waals surface area contributed by atoms with Gasteiger partial charge in [0.15, 0.2) is 0 Å². The van der Waals surface area contributed by atoms with E-state index < -0.39 is 5.91 Å². The SMILES string of the molecule is NC(=O)c1cc(N)cc(C2CCOCC2)c1. The summed E-state index contributed by atoms with van der Waals surface area (Å²) in [6.45, 7) is 1.54. The van der Waals surface area contributed by atoms with Crippen molar-refractivity contribution in [1.82, 2.24) is 0 Å². The van der Waals surface area contributed by atoms with Crippen LogP contribution in [0.5, 0.6) is 0 Å². The first-order chi connectivity index (χ1) is 7.66. The molecule has 1 amide bonds. The molecule has 0 bridgehead atoms. The zero-order chi connectivity index (χ0) is 11.5. The number of amides is 1. The average molecular weight is 220 g/mol. The second-order valence-corrected chi connectivity index (χ2v) is 4.14. The maximum absolute atomic E-state index is 11.1. The van der Waals surface area contributed by atoms with E-state index in [0.29, 0.717) is 17.2 Å². The Kier molecular flexibility index (Phi) is 3.10. The van der Waals surface area contributed by atoms with Gasteiger partial charge in [0.2, 0.25) is 5.91 Å². The molecule has 0 aromatic heterocycles. The Morgan fingerprint density at radius 3 is 2.56 bits per heavy atom. The molecule has 0 spiro atoms. The Morgan fingerprint density at radius 1 is 1.25 bits per heavy atom. The van der Waals surface area contributed by atoms with Crippen molar-refractivity contribution >= 4 is 11.6 Å². The van der Waals surface area contributed by atoms with Gasteiger partial charge < -0.3 is 16.2 Å². The molecule has 1 fully saturated rings. The molecule has 1 heterocycles. The van der Waals surface area contributed by atoms with Crippen molar-refractivity contribution in [2.75, 3.05) is 18.9 Å². The second kappa shape index (κ2) is 4.53. The monoisotopic (exact) mass is 220 g/mol. The van der Waals surface area contributed by atoms with Crippen LogP contribution >= 0.6 is 0 Å². The Bertz CT molecular complexity index is 398. The number of nitrogen functional groups attached to an aromatic ring is 1. The first-order valence-corrected chi connectivity index (χ1v) is 5.45. The Hall–Kier alpha value is -1.55. The highest BCUT2D eigenvalue weighted by molar-refractivity contribution is 5.93. The van der Waals surface area contributed by atoms with Gasteiger partial charge in [0.1, 0.15) is 0 Å². The number of carbonyl (C=O) groups excluding carboxylic acids is 1. The molecule has 86 valence electrons. The molecule has 1 saturated heterocycles. The predicted molar refractivity (Wildman–Crippen MR) is 62.2 cm³/mol. The van der Waals surface area contributed by atoms with Gasteiger partial charge in [0.05, 0.1) is 0 Å². The third-order valence-electron chi connectivity index (χ3n) is 2.95. The summed E-state index contributed by atoms with van der Waals surface area (Å²) < 4.78 is 5.31. The Balaban J connectivity index is 2.28.